The molecule has 5 heteroatoms. The van der Waals surface area contributed by atoms with Gasteiger partial charge in [0.2, 0.25) is 0 Å². The molecular weight excluding hydrogens is 188 g/mol. The Morgan fingerprint density at radius 2 is 1.93 bits per heavy atom. The molecule has 0 rings (SSSR count). The van der Waals surface area contributed by atoms with Crippen LogP contribution in [-0.4, -0.2) is 47.2 Å². The van der Waals surface area contributed by atoms with Crippen LogP contribution in [0.4, 0.5) is 0 Å². The number of rotatable bonds is 8. The van der Waals surface area contributed by atoms with Crippen LogP contribution in [-0.2, 0) is 9.53 Å². The van der Waals surface area contributed by atoms with E-state index in [0.29, 0.717) is 12.8 Å². The van der Waals surface area contributed by atoms with E-state index in [1.165, 1.54) is 0 Å². The minimum Gasteiger partial charge on any atom is -0.463 e. The molecule has 0 bridgehead atoms. The molecule has 0 saturated carbocycles. The Morgan fingerprint density at radius 3 is 2.50 bits per heavy atom. The zero-order valence-corrected chi connectivity index (χ0v) is 8.19. The summed E-state index contributed by atoms with van der Waals surface area (Å²) >= 11 is 0. The SMILES string of the molecule is O=C(CCCCCO)OCC(O)CO. The molecule has 0 aromatic rings. The number of hydrogen-bond donors (Lipinski definition) is 3. The van der Waals surface area contributed by atoms with E-state index >= 15 is 0 Å². The van der Waals surface area contributed by atoms with Crippen molar-refractivity contribution in [2.45, 2.75) is 31.8 Å². The Kier molecular flexibility index (Phi) is 8.51. The maximum atomic E-state index is 10.9. The second kappa shape index (κ2) is 8.93. The summed E-state index contributed by atoms with van der Waals surface area (Å²) in [5.41, 5.74) is 0. The molecule has 0 saturated heterocycles. The first-order chi connectivity index (χ1) is 6.70. The van der Waals surface area contributed by atoms with Crippen LogP contribution >= 0.6 is 0 Å². The highest BCUT2D eigenvalue weighted by molar-refractivity contribution is 5.69. The van der Waals surface area contributed by atoms with E-state index in [9.17, 15) is 4.79 Å². The second-order valence-corrected chi connectivity index (χ2v) is 3.05. The first-order valence-corrected chi connectivity index (χ1v) is 4.76. The lowest BCUT2D eigenvalue weighted by Crippen LogP contribution is -2.21. The van der Waals surface area contributed by atoms with Gasteiger partial charge in [0.05, 0.1) is 6.61 Å². The molecule has 0 aliphatic heterocycles. The molecule has 0 aliphatic rings. The average molecular weight is 206 g/mol. The van der Waals surface area contributed by atoms with Gasteiger partial charge < -0.3 is 20.1 Å². The van der Waals surface area contributed by atoms with Crippen LogP contribution in [0.5, 0.6) is 0 Å². The third-order valence-corrected chi connectivity index (χ3v) is 1.69. The van der Waals surface area contributed by atoms with Crippen LogP contribution in [0.3, 0.4) is 0 Å². The molecular formula is C9H18O5. The molecule has 84 valence electrons. The lowest BCUT2D eigenvalue weighted by molar-refractivity contribution is -0.147. The molecule has 1 unspecified atom stereocenters. The maximum Gasteiger partial charge on any atom is 0.305 e. The standard InChI is InChI=1S/C9H18O5/c10-5-3-1-2-4-9(13)14-7-8(12)6-11/h8,10-12H,1-7H2. The second-order valence-electron chi connectivity index (χ2n) is 3.05. The Hall–Kier alpha value is -0.650. The summed E-state index contributed by atoms with van der Waals surface area (Å²) < 4.78 is 4.66. The zero-order valence-electron chi connectivity index (χ0n) is 8.19. The number of aliphatic hydroxyl groups is 3. The molecule has 0 aromatic carbocycles. The molecule has 0 aliphatic carbocycles. The third kappa shape index (κ3) is 7.97. The molecule has 1 atom stereocenters. The van der Waals surface area contributed by atoms with Gasteiger partial charge in [-0.05, 0) is 12.8 Å². The summed E-state index contributed by atoms with van der Waals surface area (Å²) in [5, 5.41) is 25.7. The van der Waals surface area contributed by atoms with Crippen LogP contribution in [0.1, 0.15) is 25.7 Å². The van der Waals surface area contributed by atoms with E-state index in [1.807, 2.05) is 0 Å². The van der Waals surface area contributed by atoms with E-state index < -0.39 is 12.7 Å². The first-order valence-electron chi connectivity index (χ1n) is 4.76. The molecule has 0 aromatic heterocycles. The highest BCUT2D eigenvalue weighted by atomic mass is 16.5. The van der Waals surface area contributed by atoms with Crippen LogP contribution in [0, 0.1) is 0 Å². The van der Waals surface area contributed by atoms with Gasteiger partial charge in [0.15, 0.2) is 0 Å². The molecule has 0 amide bonds. The monoisotopic (exact) mass is 206 g/mol. The summed E-state index contributed by atoms with van der Waals surface area (Å²) in [6.07, 6.45) is 1.45. The molecule has 14 heavy (non-hydrogen) atoms. The normalized spacial score (nSPS) is 12.5. The highest BCUT2D eigenvalue weighted by Gasteiger charge is 2.06. The number of ether oxygens (including phenoxy) is 1. The number of unbranched alkanes of at least 4 members (excludes halogenated alkanes) is 2. The van der Waals surface area contributed by atoms with Gasteiger partial charge in [-0.1, -0.05) is 6.42 Å². The fraction of sp³-hybridized carbons (Fsp3) is 0.889. The average Bonchev–Trinajstić information content (AvgIpc) is 2.21. The van der Waals surface area contributed by atoms with Crippen LogP contribution in [0.15, 0.2) is 0 Å². The predicted molar refractivity (Wildman–Crippen MR) is 49.6 cm³/mol. The zero-order chi connectivity index (χ0) is 10.8. The Balaban J connectivity index is 3.28. The fourth-order valence-corrected chi connectivity index (χ4v) is 0.872. The number of hydrogen-bond acceptors (Lipinski definition) is 5. The fourth-order valence-electron chi connectivity index (χ4n) is 0.872. The Bertz CT molecular complexity index is 148. The van der Waals surface area contributed by atoms with Gasteiger partial charge in [-0.2, -0.15) is 0 Å². The van der Waals surface area contributed by atoms with Crippen molar-refractivity contribution in [1.82, 2.24) is 0 Å². The number of carbonyl (C=O) groups excluding carboxylic acids is 1. The van der Waals surface area contributed by atoms with Crippen molar-refractivity contribution in [1.29, 1.82) is 0 Å². The van der Waals surface area contributed by atoms with Crippen molar-refractivity contribution >= 4 is 5.97 Å². The Morgan fingerprint density at radius 1 is 1.21 bits per heavy atom. The van der Waals surface area contributed by atoms with Crippen molar-refractivity contribution in [3.05, 3.63) is 0 Å². The summed E-state index contributed by atoms with van der Waals surface area (Å²) in [7, 11) is 0. The molecule has 0 fully saturated rings. The summed E-state index contributed by atoms with van der Waals surface area (Å²) in [6, 6.07) is 0. The number of aliphatic hydroxyl groups excluding tert-OH is 3. The van der Waals surface area contributed by atoms with Crippen molar-refractivity contribution in [3.63, 3.8) is 0 Å². The van der Waals surface area contributed by atoms with E-state index in [1.54, 1.807) is 0 Å². The van der Waals surface area contributed by atoms with Gasteiger partial charge in [0.25, 0.3) is 0 Å². The summed E-state index contributed by atoms with van der Waals surface area (Å²) in [5.74, 6) is -0.379. The largest absolute Gasteiger partial charge is 0.463 e. The van der Waals surface area contributed by atoms with Gasteiger partial charge in [-0.25, -0.2) is 0 Å². The van der Waals surface area contributed by atoms with Gasteiger partial charge in [-0.15, -0.1) is 0 Å². The van der Waals surface area contributed by atoms with E-state index in [0.717, 1.165) is 6.42 Å². The topological polar surface area (TPSA) is 87.0 Å². The van der Waals surface area contributed by atoms with Crippen molar-refractivity contribution in [2.24, 2.45) is 0 Å². The third-order valence-electron chi connectivity index (χ3n) is 1.69. The first kappa shape index (κ1) is 13.4. The van der Waals surface area contributed by atoms with E-state index in [-0.39, 0.29) is 25.6 Å². The number of carbonyl (C=O) groups is 1. The minimum absolute atomic E-state index is 0.137. The predicted octanol–water partition coefficient (Wildman–Crippen LogP) is -0.565. The smallest absolute Gasteiger partial charge is 0.305 e. The quantitative estimate of drug-likeness (QED) is 0.366. The lowest BCUT2D eigenvalue weighted by atomic mass is 10.2. The molecule has 0 heterocycles. The van der Waals surface area contributed by atoms with Gasteiger partial charge in [0.1, 0.15) is 12.7 Å². The molecule has 3 N–H and O–H groups in total. The van der Waals surface area contributed by atoms with Crippen molar-refractivity contribution < 1.29 is 24.9 Å². The molecule has 0 radical (unpaired) electrons. The van der Waals surface area contributed by atoms with Crippen molar-refractivity contribution in [3.8, 4) is 0 Å². The van der Waals surface area contributed by atoms with Crippen LogP contribution < -0.4 is 0 Å². The van der Waals surface area contributed by atoms with Gasteiger partial charge in [-0.3, -0.25) is 4.79 Å². The molecule has 0 spiro atoms. The van der Waals surface area contributed by atoms with E-state index in [4.69, 9.17) is 15.3 Å². The lowest BCUT2D eigenvalue weighted by Gasteiger charge is -2.07. The molecule has 5 nitrogen and oxygen atoms in total. The maximum absolute atomic E-state index is 10.9. The van der Waals surface area contributed by atoms with Crippen LogP contribution in [0.25, 0.3) is 0 Å². The minimum atomic E-state index is -0.989. The van der Waals surface area contributed by atoms with E-state index in [2.05, 4.69) is 4.74 Å². The van der Waals surface area contributed by atoms with Gasteiger partial charge in [0, 0.05) is 13.0 Å². The number of esters is 1. The summed E-state index contributed by atoms with van der Waals surface area (Å²) in [4.78, 5) is 10.9. The summed E-state index contributed by atoms with van der Waals surface area (Å²) in [6.45, 7) is -0.425. The van der Waals surface area contributed by atoms with Gasteiger partial charge >= 0.3 is 5.97 Å². The Labute approximate surface area is 83.3 Å². The van der Waals surface area contributed by atoms with Crippen LogP contribution in [0.2, 0.25) is 0 Å². The highest BCUT2D eigenvalue weighted by Crippen LogP contribution is 2.00. The van der Waals surface area contributed by atoms with Crippen molar-refractivity contribution in [2.75, 3.05) is 19.8 Å².